The number of hydrogen-bond donors (Lipinski definition) is 1. The molecule has 4 rings (SSSR count). The zero-order valence-corrected chi connectivity index (χ0v) is 17.9. The average molecular weight is 401 g/mol. The Hall–Kier alpha value is -0.250. The minimum Gasteiger partial charge on any atom is -0.396 e. The molecule has 0 aromatic rings. The first-order valence-corrected chi connectivity index (χ1v) is 11.8. The SMILES string of the molecule is C[C@H](CC(F)(F)F)C1CCC2C3CCC4CC(CO)CCC4(C)C3CCC21C. The van der Waals surface area contributed by atoms with Gasteiger partial charge in [0.05, 0.1) is 0 Å². The van der Waals surface area contributed by atoms with E-state index in [4.69, 9.17) is 0 Å². The molecule has 1 nitrogen and oxygen atoms in total. The van der Waals surface area contributed by atoms with E-state index in [2.05, 4.69) is 13.8 Å². The first-order valence-electron chi connectivity index (χ1n) is 11.8. The quantitative estimate of drug-likeness (QED) is 0.550. The van der Waals surface area contributed by atoms with Crippen LogP contribution in [0.3, 0.4) is 0 Å². The molecule has 0 aliphatic heterocycles. The zero-order chi connectivity index (χ0) is 20.3. The van der Waals surface area contributed by atoms with Crippen LogP contribution in [0, 0.1) is 52.3 Å². The summed E-state index contributed by atoms with van der Waals surface area (Å²) < 4.78 is 39.2. The maximum Gasteiger partial charge on any atom is 0.389 e. The highest BCUT2D eigenvalue weighted by Crippen LogP contribution is 2.68. The van der Waals surface area contributed by atoms with Gasteiger partial charge in [0.1, 0.15) is 0 Å². The molecule has 162 valence electrons. The van der Waals surface area contributed by atoms with Gasteiger partial charge in [-0.2, -0.15) is 13.2 Å². The molecule has 9 atom stereocenters. The van der Waals surface area contributed by atoms with Gasteiger partial charge in [0, 0.05) is 13.0 Å². The topological polar surface area (TPSA) is 20.2 Å². The van der Waals surface area contributed by atoms with Crippen molar-refractivity contribution in [2.75, 3.05) is 6.61 Å². The summed E-state index contributed by atoms with van der Waals surface area (Å²) in [4.78, 5) is 0. The van der Waals surface area contributed by atoms with Crippen LogP contribution in [-0.4, -0.2) is 17.9 Å². The number of aliphatic hydroxyl groups is 1. The fourth-order valence-electron chi connectivity index (χ4n) is 9.00. The Morgan fingerprint density at radius 2 is 1.61 bits per heavy atom. The van der Waals surface area contributed by atoms with Crippen molar-refractivity contribution in [1.29, 1.82) is 0 Å². The van der Waals surface area contributed by atoms with E-state index in [9.17, 15) is 18.3 Å². The number of fused-ring (bicyclic) bond motifs is 5. The van der Waals surface area contributed by atoms with Crippen LogP contribution in [0.5, 0.6) is 0 Å². The van der Waals surface area contributed by atoms with E-state index in [1.54, 1.807) is 0 Å². The predicted octanol–water partition coefficient (Wildman–Crippen LogP) is 6.84. The lowest BCUT2D eigenvalue weighted by Crippen LogP contribution is -2.54. The van der Waals surface area contributed by atoms with Crippen molar-refractivity contribution >= 4 is 0 Å². The molecule has 0 aromatic heterocycles. The fourth-order valence-corrected chi connectivity index (χ4v) is 9.00. The third-order valence-corrected chi connectivity index (χ3v) is 10.3. The Morgan fingerprint density at radius 1 is 0.929 bits per heavy atom. The van der Waals surface area contributed by atoms with Gasteiger partial charge in [0.25, 0.3) is 0 Å². The monoisotopic (exact) mass is 400 g/mol. The Bertz CT molecular complexity index is 575. The summed E-state index contributed by atoms with van der Waals surface area (Å²) in [5.41, 5.74) is 0.503. The van der Waals surface area contributed by atoms with Crippen LogP contribution in [0.2, 0.25) is 0 Å². The summed E-state index contributed by atoms with van der Waals surface area (Å²) in [6, 6.07) is 0. The van der Waals surface area contributed by atoms with E-state index in [0.717, 1.165) is 37.5 Å². The molecule has 4 fully saturated rings. The fraction of sp³-hybridized carbons (Fsp3) is 1.00. The van der Waals surface area contributed by atoms with Crippen molar-refractivity contribution in [2.45, 2.75) is 91.2 Å². The van der Waals surface area contributed by atoms with E-state index in [1.807, 2.05) is 6.92 Å². The zero-order valence-electron chi connectivity index (χ0n) is 17.9. The highest BCUT2D eigenvalue weighted by Gasteiger charge is 2.60. The molecule has 0 spiro atoms. The van der Waals surface area contributed by atoms with Gasteiger partial charge in [-0.15, -0.1) is 0 Å². The molecule has 1 N–H and O–H groups in total. The summed E-state index contributed by atoms with van der Waals surface area (Å²) in [5.74, 6) is 3.30. The molecule has 0 bridgehead atoms. The highest BCUT2D eigenvalue weighted by atomic mass is 19.4. The Morgan fingerprint density at radius 3 is 2.29 bits per heavy atom. The van der Waals surface area contributed by atoms with Crippen molar-refractivity contribution in [3.8, 4) is 0 Å². The van der Waals surface area contributed by atoms with Gasteiger partial charge in [-0.1, -0.05) is 20.8 Å². The molecular weight excluding hydrogens is 361 g/mol. The number of alkyl halides is 3. The first-order chi connectivity index (χ1) is 13.1. The Labute approximate surface area is 168 Å². The maximum atomic E-state index is 13.1. The molecule has 0 radical (unpaired) electrons. The van der Waals surface area contributed by atoms with Crippen LogP contribution in [0.4, 0.5) is 13.2 Å². The molecule has 0 amide bonds. The van der Waals surface area contributed by atoms with Crippen molar-refractivity contribution in [3.05, 3.63) is 0 Å². The second kappa shape index (κ2) is 7.17. The van der Waals surface area contributed by atoms with Crippen LogP contribution in [0.25, 0.3) is 0 Å². The molecule has 4 aliphatic rings. The summed E-state index contributed by atoms with van der Waals surface area (Å²) in [5, 5.41) is 9.64. The van der Waals surface area contributed by atoms with Crippen molar-refractivity contribution < 1.29 is 18.3 Å². The molecule has 4 heteroatoms. The Kier molecular flexibility index (Phi) is 5.37. The van der Waals surface area contributed by atoms with Gasteiger partial charge in [-0.25, -0.2) is 0 Å². The van der Waals surface area contributed by atoms with Crippen LogP contribution in [0.15, 0.2) is 0 Å². The standard InChI is InChI=1S/C24H39F3O/c1-15(13-24(25,26)27)19-6-7-20-18-5-4-17-12-16(14-28)8-10-22(17,2)21(18)9-11-23(19,20)3/h15-21,28H,4-14H2,1-3H3/t15-,16?,17?,18?,19?,20?,21?,22?,23?/m1/s1. The minimum absolute atomic E-state index is 0.108. The van der Waals surface area contributed by atoms with Gasteiger partial charge < -0.3 is 5.11 Å². The first kappa shape index (κ1) is 21.0. The summed E-state index contributed by atoms with van der Waals surface area (Å²) in [6.45, 7) is 7.05. The number of rotatable bonds is 3. The Balaban J connectivity index is 1.52. The summed E-state index contributed by atoms with van der Waals surface area (Å²) in [7, 11) is 0. The summed E-state index contributed by atoms with van der Waals surface area (Å²) >= 11 is 0. The van der Waals surface area contributed by atoms with Crippen molar-refractivity contribution in [3.63, 3.8) is 0 Å². The molecule has 0 saturated heterocycles. The largest absolute Gasteiger partial charge is 0.396 e. The number of halogens is 3. The lowest BCUT2D eigenvalue weighted by molar-refractivity contribution is -0.156. The highest BCUT2D eigenvalue weighted by molar-refractivity contribution is 5.09. The average Bonchev–Trinajstić information content (AvgIpc) is 2.97. The van der Waals surface area contributed by atoms with E-state index in [0.29, 0.717) is 29.8 Å². The third kappa shape index (κ3) is 3.34. The molecule has 8 unspecified atom stereocenters. The molecule has 4 saturated carbocycles. The van der Waals surface area contributed by atoms with Crippen molar-refractivity contribution in [2.24, 2.45) is 52.3 Å². The normalized spacial score (nSPS) is 49.8. The lowest BCUT2D eigenvalue weighted by atomic mass is 9.44. The molecule has 4 aliphatic carbocycles. The maximum absolute atomic E-state index is 13.1. The van der Waals surface area contributed by atoms with Crippen LogP contribution in [0.1, 0.15) is 85.0 Å². The smallest absolute Gasteiger partial charge is 0.389 e. The summed E-state index contributed by atoms with van der Waals surface area (Å²) in [6.07, 6.45) is 5.93. The van der Waals surface area contributed by atoms with E-state index in [-0.39, 0.29) is 17.3 Å². The lowest BCUT2D eigenvalue weighted by Gasteiger charge is -2.61. The molecular formula is C24H39F3O. The number of hydrogen-bond acceptors (Lipinski definition) is 1. The van der Waals surface area contributed by atoms with Crippen LogP contribution < -0.4 is 0 Å². The van der Waals surface area contributed by atoms with Gasteiger partial charge in [0.15, 0.2) is 0 Å². The van der Waals surface area contributed by atoms with Crippen molar-refractivity contribution in [1.82, 2.24) is 0 Å². The number of aliphatic hydroxyl groups excluding tert-OH is 1. The minimum atomic E-state index is -4.04. The van der Waals surface area contributed by atoms with E-state index < -0.39 is 12.6 Å². The molecule has 0 aromatic carbocycles. The molecule has 0 heterocycles. The van der Waals surface area contributed by atoms with Gasteiger partial charge in [-0.05, 0) is 110 Å². The second-order valence-corrected chi connectivity index (χ2v) is 11.5. The van der Waals surface area contributed by atoms with Gasteiger partial charge >= 0.3 is 6.18 Å². The molecule has 28 heavy (non-hydrogen) atoms. The van der Waals surface area contributed by atoms with E-state index >= 15 is 0 Å². The second-order valence-electron chi connectivity index (χ2n) is 11.5. The third-order valence-electron chi connectivity index (χ3n) is 10.3. The van der Waals surface area contributed by atoms with E-state index in [1.165, 1.54) is 32.1 Å². The predicted molar refractivity (Wildman–Crippen MR) is 106 cm³/mol. The van der Waals surface area contributed by atoms with Crippen LogP contribution >= 0.6 is 0 Å². The van der Waals surface area contributed by atoms with Gasteiger partial charge in [0.2, 0.25) is 0 Å². The van der Waals surface area contributed by atoms with Gasteiger partial charge in [-0.3, -0.25) is 0 Å². The van der Waals surface area contributed by atoms with Crippen LogP contribution in [-0.2, 0) is 0 Å².